The number of allylic oxidation sites excluding steroid dienone is 2. The van der Waals surface area contributed by atoms with Gasteiger partial charge in [0, 0.05) is 12.3 Å². The topological polar surface area (TPSA) is 357 Å². The third-order valence-electron chi connectivity index (χ3n) is 21.3. The molecule has 0 amide bonds. The number of carbonyl (C=O) groups excluding carboxylic acids is 2. The summed E-state index contributed by atoms with van der Waals surface area (Å²) in [5.41, 5.74) is -2.40. The molecule has 5 aliphatic carbocycles. The van der Waals surface area contributed by atoms with Gasteiger partial charge in [0.15, 0.2) is 25.0 Å². The van der Waals surface area contributed by atoms with Gasteiger partial charge in [0.1, 0.15) is 73.8 Å². The number of hydrogen-bond acceptors (Lipinski definition) is 22. The van der Waals surface area contributed by atoms with Crippen LogP contribution in [0.3, 0.4) is 0 Å². The number of esters is 2. The van der Waals surface area contributed by atoms with Crippen molar-refractivity contribution in [3.8, 4) is 0 Å². The molecule has 4 heterocycles. The Morgan fingerprint density at radius 3 is 2.06 bits per heavy atom. The van der Waals surface area contributed by atoms with E-state index in [4.69, 9.17) is 42.6 Å². The van der Waals surface area contributed by atoms with Crippen LogP contribution in [0.25, 0.3) is 0 Å². The zero-order valence-electron chi connectivity index (χ0n) is 46.5. The van der Waals surface area contributed by atoms with Crippen molar-refractivity contribution in [1.29, 1.82) is 0 Å². The summed E-state index contributed by atoms with van der Waals surface area (Å²) in [7, 11) is 0. The molecule has 9 aliphatic rings. The number of fused-ring (bicyclic) bond motifs is 7. The first kappa shape index (κ1) is 62.5. The van der Waals surface area contributed by atoms with Crippen molar-refractivity contribution in [2.45, 2.75) is 224 Å². The Hall–Kier alpha value is -1.53. The van der Waals surface area contributed by atoms with E-state index in [1.807, 2.05) is 6.92 Å². The Morgan fingerprint density at radius 1 is 0.756 bits per heavy atom. The molecule has 4 aliphatic heterocycles. The number of ether oxygens (including phenoxy) is 9. The minimum atomic E-state index is -2.09. The standard InChI is InChI=1S/C54H84O23.Na/c1-22(23(2)71-24(3)57)45(68)70-21-54-26-16-49(4,5)43(42(54)65)73-32(54)17-53(9)25(26)10-11-30-50(6)14-13-31(51(7,20-56)29(50)12-15-52(30,53)8)74-48-40(76-46-36(62)33(59)27(58)19-69-46)38(64)39(41(77-48)44(66)67)75-47-37(63)35(61)34(60)28(18-55)72-47;/h10,22-23,26-43,46-48,55-56,58-65H,11-21H2,1-9H3,(H,66,67);/q;+1/t22-,23+,26+,27+,28+,29?,30+,31+,32+,33+,34+,35+,36+,37+,38+,39-,40+,41-,42+,43-,46+,47+,48-,50+,51+,52-,53-,54+;/m0./s1. The minimum absolute atomic E-state index is 0. The van der Waals surface area contributed by atoms with E-state index in [2.05, 4.69) is 40.7 Å². The fourth-order valence-corrected chi connectivity index (χ4v) is 16.5. The molecule has 28 atom stereocenters. The minimum Gasteiger partial charge on any atom is -0.479 e. The molecule has 9 rings (SSSR count). The van der Waals surface area contributed by atoms with Gasteiger partial charge in [0.2, 0.25) is 0 Å². The summed E-state index contributed by atoms with van der Waals surface area (Å²) in [4.78, 5) is 38.4. The second kappa shape index (κ2) is 22.5. The monoisotopic (exact) mass is 1120 g/mol. The molecule has 11 N–H and O–H groups in total. The van der Waals surface area contributed by atoms with Crippen molar-refractivity contribution in [3.63, 3.8) is 0 Å². The molecule has 23 nitrogen and oxygen atoms in total. The van der Waals surface area contributed by atoms with Crippen molar-refractivity contribution in [2.75, 3.05) is 26.4 Å². The van der Waals surface area contributed by atoms with Crippen LogP contribution in [-0.2, 0) is 57.0 Å². The number of carboxylic acids is 1. The van der Waals surface area contributed by atoms with E-state index in [1.54, 1.807) is 13.8 Å². The van der Waals surface area contributed by atoms with Crippen LogP contribution in [0.4, 0.5) is 0 Å². The molecule has 0 aromatic heterocycles. The van der Waals surface area contributed by atoms with Crippen molar-refractivity contribution < 1.29 is 143 Å². The van der Waals surface area contributed by atoms with Crippen LogP contribution in [-0.4, -0.2) is 217 Å². The third-order valence-corrected chi connectivity index (χ3v) is 21.3. The Balaban J connectivity index is 0.00000803. The zero-order valence-corrected chi connectivity index (χ0v) is 48.5. The van der Waals surface area contributed by atoms with Crippen LogP contribution in [0.1, 0.15) is 107 Å². The summed E-state index contributed by atoms with van der Waals surface area (Å²) in [6.07, 6.45) is -22.8. The van der Waals surface area contributed by atoms with E-state index in [-0.39, 0.29) is 65.9 Å². The Morgan fingerprint density at radius 2 is 1.42 bits per heavy atom. The van der Waals surface area contributed by atoms with E-state index < -0.39 is 181 Å². The van der Waals surface area contributed by atoms with Crippen LogP contribution < -0.4 is 29.6 Å². The van der Waals surface area contributed by atoms with E-state index in [0.29, 0.717) is 44.9 Å². The fraction of sp³-hybridized carbons (Fsp3) is 0.907. The van der Waals surface area contributed by atoms with Gasteiger partial charge in [-0.1, -0.05) is 53.2 Å². The fourth-order valence-electron chi connectivity index (χ4n) is 16.5. The number of carboxylic acid groups (broad SMARTS) is 1. The molecule has 4 saturated carbocycles. The summed E-state index contributed by atoms with van der Waals surface area (Å²) in [5.74, 6) is -3.82. The SMILES string of the molecule is CC(=O)O[C@H](C)[C@H](C)C(=O)OC[C@@]12[C@@H]3CC(C)(C)[C@@H](O[C@@H]1C[C@@]1(C)C3=CC[C@H]3[C@]1(C)CCC1[C@@](C)(CO)[C@H](O[C@H]4O[C@H](C(=O)O)[C@@H](O[C@H]5O[C@H](CO)[C@@H](O)[C@@H](O)[C@H]5O)[C@@H](O)[C@H]4O[C@H]4OC[C@@H](O)[C@@H](O)[C@H]4O)CC[C@]13C)[C@H]2O.[Na+]. The predicted octanol–water partition coefficient (Wildman–Crippen LogP) is -3.58. The van der Waals surface area contributed by atoms with E-state index in [9.17, 15) is 70.6 Å². The molecular formula is C54H84NaO23+. The number of aliphatic hydroxyl groups is 10. The molecule has 8 fully saturated rings. The van der Waals surface area contributed by atoms with Gasteiger partial charge in [0.05, 0.1) is 55.6 Å². The second-order valence-corrected chi connectivity index (χ2v) is 25.8. The molecular weight excluding hydrogens is 1040 g/mol. The molecule has 0 spiro atoms. The first-order chi connectivity index (χ1) is 36.0. The summed E-state index contributed by atoms with van der Waals surface area (Å²) < 4.78 is 54.3. The number of aliphatic hydroxyl groups excluding tert-OH is 10. The maximum atomic E-state index is 13.6. The molecule has 4 saturated heterocycles. The molecule has 438 valence electrons. The van der Waals surface area contributed by atoms with Crippen molar-refractivity contribution >= 4 is 17.9 Å². The number of aliphatic carboxylic acids is 1. The normalized spacial score (nSPS) is 51.0. The van der Waals surface area contributed by atoms with Crippen LogP contribution in [0, 0.1) is 56.2 Å². The first-order valence-corrected chi connectivity index (χ1v) is 27.4. The van der Waals surface area contributed by atoms with Crippen molar-refractivity contribution in [2.24, 2.45) is 56.2 Å². The molecule has 78 heavy (non-hydrogen) atoms. The van der Waals surface area contributed by atoms with Crippen LogP contribution in [0.2, 0.25) is 0 Å². The van der Waals surface area contributed by atoms with Gasteiger partial charge >= 0.3 is 47.5 Å². The molecule has 24 heteroatoms. The maximum absolute atomic E-state index is 13.6. The Labute approximate surface area is 476 Å². The Bertz CT molecular complexity index is 2240. The van der Waals surface area contributed by atoms with Gasteiger partial charge < -0.3 is 98.8 Å². The average Bonchev–Trinajstić information content (AvgIpc) is 3.47. The third kappa shape index (κ3) is 9.81. The molecule has 2 bridgehead atoms. The predicted molar refractivity (Wildman–Crippen MR) is 261 cm³/mol. The van der Waals surface area contributed by atoms with Crippen molar-refractivity contribution in [1.82, 2.24) is 0 Å². The zero-order chi connectivity index (χ0) is 56.4. The number of hydrogen-bond donors (Lipinski definition) is 11. The van der Waals surface area contributed by atoms with Gasteiger partial charge in [0.25, 0.3) is 0 Å². The largest absolute Gasteiger partial charge is 1.00 e. The van der Waals surface area contributed by atoms with Crippen LogP contribution in [0.15, 0.2) is 11.6 Å². The van der Waals surface area contributed by atoms with E-state index in [0.717, 1.165) is 0 Å². The molecule has 0 aromatic carbocycles. The van der Waals surface area contributed by atoms with Gasteiger partial charge in [-0.05, 0) is 98.2 Å². The maximum Gasteiger partial charge on any atom is 1.00 e. The number of carbonyl (C=O) groups is 3. The summed E-state index contributed by atoms with van der Waals surface area (Å²) in [5, 5.41) is 120. The summed E-state index contributed by atoms with van der Waals surface area (Å²) >= 11 is 0. The van der Waals surface area contributed by atoms with E-state index in [1.165, 1.54) is 12.5 Å². The van der Waals surface area contributed by atoms with Gasteiger partial charge in [-0.2, -0.15) is 0 Å². The molecule has 0 aromatic rings. The second-order valence-electron chi connectivity index (χ2n) is 25.8. The van der Waals surface area contributed by atoms with Crippen LogP contribution in [0.5, 0.6) is 0 Å². The van der Waals surface area contributed by atoms with Gasteiger partial charge in [-0.15, -0.1) is 0 Å². The smallest absolute Gasteiger partial charge is 0.479 e. The van der Waals surface area contributed by atoms with E-state index >= 15 is 0 Å². The van der Waals surface area contributed by atoms with Gasteiger partial charge in [-0.3, -0.25) is 9.59 Å². The average molecular weight is 1120 g/mol. The van der Waals surface area contributed by atoms with Gasteiger partial charge in [-0.25, -0.2) is 4.79 Å². The quantitative estimate of drug-likeness (QED) is 0.0347. The number of rotatable bonds is 14. The van der Waals surface area contributed by atoms with Crippen LogP contribution >= 0.6 is 0 Å². The Kier molecular flexibility index (Phi) is 18.0. The summed E-state index contributed by atoms with van der Waals surface area (Å²) in [6, 6.07) is 0. The molecule has 1 unspecified atom stereocenters. The first-order valence-electron chi connectivity index (χ1n) is 27.4. The van der Waals surface area contributed by atoms with Crippen molar-refractivity contribution in [3.05, 3.63) is 11.6 Å². The summed E-state index contributed by atoms with van der Waals surface area (Å²) in [6.45, 7) is 15.8. The molecule has 0 radical (unpaired) electrons.